The molecule has 0 aliphatic carbocycles. The Morgan fingerprint density at radius 1 is 1.33 bits per heavy atom. The third-order valence-electron chi connectivity index (χ3n) is 3.16. The largest absolute Gasteiger partial charge is 0.444 e. The second-order valence-corrected chi connectivity index (χ2v) is 6.87. The zero-order valence-electron chi connectivity index (χ0n) is 13.1. The molecule has 1 amide bonds. The Labute approximate surface area is 124 Å². The summed E-state index contributed by atoms with van der Waals surface area (Å²) < 4.78 is 10.4. The average molecular weight is 291 g/mol. The summed E-state index contributed by atoms with van der Waals surface area (Å²) in [6, 6.07) is 5.21. The standard InChI is InChI=1S/C16H21NO4/c1-15(2,3)21-14(19)17-10-6-7-12-11(8-10)16(4,5)9-13(18)20-12/h6-8H,9H2,1-5H3,(H,17,19). The Kier molecular flexibility index (Phi) is 3.70. The van der Waals surface area contributed by atoms with E-state index in [1.165, 1.54) is 0 Å². The first-order chi connectivity index (χ1) is 9.57. The summed E-state index contributed by atoms with van der Waals surface area (Å²) >= 11 is 0. The average Bonchev–Trinajstić information content (AvgIpc) is 2.26. The number of esters is 1. The number of hydrogen-bond acceptors (Lipinski definition) is 4. The maximum Gasteiger partial charge on any atom is 0.412 e. The molecule has 2 rings (SSSR count). The van der Waals surface area contributed by atoms with Gasteiger partial charge in [-0.2, -0.15) is 0 Å². The van der Waals surface area contributed by atoms with Crippen molar-refractivity contribution in [1.29, 1.82) is 0 Å². The molecule has 1 aromatic rings. The second-order valence-electron chi connectivity index (χ2n) is 6.87. The van der Waals surface area contributed by atoms with E-state index in [9.17, 15) is 9.59 Å². The van der Waals surface area contributed by atoms with Crippen LogP contribution in [0, 0.1) is 0 Å². The van der Waals surface area contributed by atoms with Crippen molar-refractivity contribution in [3.63, 3.8) is 0 Å². The van der Waals surface area contributed by atoms with E-state index < -0.39 is 11.7 Å². The van der Waals surface area contributed by atoms with Gasteiger partial charge in [-0.15, -0.1) is 0 Å². The van der Waals surface area contributed by atoms with Crippen molar-refractivity contribution in [2.45, 2.75) is 52.1 Å². The molecule has 1 aromatic carbocycles. The number of hydrogen-bond donors (Lipinski definition) is 1. The van der Waals surface area contributed by atoms with E-state index in [4.69, 9.17) is 9.47 Å². The maximum absolute atomic E-state index is 11.8. The number of nitrogens with one attached hydrogen (secondary N) is 1. The summed E-state index contributed by atoms with van der Waals surface area (Å²) in [4.78, 5) is 23.3. The number of amides is 1. The SMILES string of the molecule is CC(C)(C)OC(=O)Nc1ccc2c(c1)C(C)(C)CC(=O)O2. The first-order valence-electron chi connectivity index (χ1n) is 6.92. The summed E-state index contributed by atoms with van der Waals surface area (Å²) in [5, 5.41) is 2.70. The number of rotatable bonds is 1. The number of ether oxygens (including phenoxy) is 2. The van der Waals surface area contributed by atoms with Crippen molar-refractivity contribution in [3.8, 4) is 5.75 Å². The molecular formula is C16H21NO4. The van der Waals surface area contributed by atoms with Crippen LogP contribution in [0.15, 0.2) is 18.2 Å². The zero-order valence-corrected chi connectivity index (χ0v) is 13.1. The molecule has 0 saturated heterocycles. The van der Waals surface area contributed by atoms with Gasteiger partial charge in [0.15, 0.2) is 0 Å². The van der Waals surface area contributed by atoms with Gasteiger partial charge in [0, 0.05) is 16.7 Å². The third kappa shape index (κ3) is 3.74. The number of anilines is 1. The van der Waals surface area contributed by atoms with Crippen LogP contribution in [0.5, 0.6) is 5.75 Å². The molecule has 1 heterocycles. The molecule has 1 aliphatic heterocycles. The number of fused-ring (bicyclic) bond motifs is 1. The van der Waals surface area contributed by atoms with Crippen molar-refractivity contribution in [2.24, 2.45) is 0 Å². The summed E-state index contributed by atoms with van der Waals surface area (Å²) in [6.45, 7) is 9.37. The molecule has 0 radical (unpaired) electrons. The van der Waals surface area contributed by atoms with Crippen molar-refractivity contribution in [2.75, 3.05) is 5.32 Å². The molecule has 0 bridgehead atoms. The highest BCUT2D eigenvalue weighted by Crippen LogP contribution is 2.40. The highest BCUT2D eigenvalue weighted by atomic mass is 16.6. The highest BCUT2D eigenvalue weighted by Gasteiger charge is 2.34. The van der Waals surface area contributed by atoms with Gasteiger partial charge in [0.05, 0.1) is 6.42 Å². The van der Waals surface area contributed by atoms with Gasteiger partial charge in [0.2, 0.25) is 0 Å². The van der Waals surface area contributed by atoms with E-state index in [1.807, 2.05) is 40.7 Å². The minimum atomic E-state index is -0.549. The van der Waals surface area contributed by atoms with Gasteiger partial charge in [-0.3, -0.25) is 10.1 Å². The Hall–Kier alpha value is -2.04. The van der Waals surface area contributed by atoms with E-state index in [2.05, 4.69) is 5.32 Å². The van der Waals surface area contributed by atoms with Crippen molar-refractivity contribution >= 4 is 17.7 Å². The molecule has 0 atom stereocenters. The van der Waals surface area contributed by atoms with E-state index in [0.29, 0.717) is 17.9 Å². The van der Waals surface area contributed by atoms with Crippen LogP contribution in [0.2, 0.25) is 0 Å². The summed E-state index contributed by atoms with van der Waals surface area (Å²) in [5.41, 5.74) is 0.647. The molecule has 114 valence electrons. The molecule has 0 spiro atoms. The lowest BCUT2D eigenvalue weighted by Gasteiger charge is -2.31. The molecule has 21 heavy (non-hydrogen) atoms. The van der Waals surface area contributed by atoms with Crippen LogP contribution in [-0.2, 0) is 14.9 Å². The molecule has 1 N–H and O–H groups in total. The van der Waals surface area contributed by atoms with E-state index in [-0.39, 0.29) is 11.4 Å². The van der Waals surface area contributed by atoms with Crippen molar-refractivity contribution in [1.82, 2.24) is 0 Å². The van der Waals surface area contributed by atoms with Gasteiger partial charge < -0.3 is 9.47 Å². The van der Waals surface area contributed by atoms with Gasteiger partial charge >= 0.3 is 12.1 Å². The molecule has 0 aromatic heterocycles. The Bertz CT molecular complexity index is 584. The van der Waals surface area contributed by atoms with Gasteiger partial charge in [-0.1, -0.05) is 13.8 Å². The lowest BCUT2D eigenvalue weighted by molar-refractivity contribution is -0.136. The molecule has 0 unspecified atom stereocenters. The van der Waals surface area contributed by atoms with Crippen LogP contribution in [-0.4, -0.2) is 17.7 Å². The molecule has 1 aliphatic rings. The molecule has 0 saturated carbocycles. The predicted octanol–water partition coefficient (Wildman–Crippen LogP) is 3.62. The van der Waals surface area contributed by atoms with E-state index >= 15 is 0 Å². The molecule has 5 heteroatoms. The number of benzene rings is 1. The zero-order chi connectivity index (χ0) is 15.8. The fourth-order valence-corrected chi connectivity index (χ4v) is 2.26. The summed E-state index contributed by atoms with van der Waals surface area (Å²) in [7, 11) is 0. The first kappa shape index (κ1) is 15.4. The van der Waals surface area contributed by atoms with Crippen LogP contribution < -0.4 is 10.1 Å². The van der Waals surface area contributed by atoms with Crippen LogP contribution in [0.25, 0.3) is 0 Å². The van der Waals surface area contributed by atoms with E-state index in [0.717, 1.165) is 5.56 Å². The minimum absolute atomic E-state index is 0.236. The molecule has 5 nitrogen and oxygen atoms in total. The van der Waals surface area contributed by atoms with Crippen LogP contribution in [0.3, 0.4) is 0 Å². The normalized spacial score (nSPS) is 16.7. The lowest BCUT2D eigenvalue weighted by atomic mass is 9.79. The lowest BCUT2D eigenvalue weighted by Crippen LogP contribution is -2.31. The van der Waals surface area contributed by atoms with Crippen molar-refractivity contribution < 1.29 is 19.1 Å². The smallest absolute Gasteiger partial charge is 0.412 e. The Morgan fingerprint density at radius 2 is 2.00 bits per heavy atom. The van der Waals surface area contributed by atoms with Gasteiger partial charge in [-0.05, 0) is 39.0 Å². The van der Waals surface area contributed by atoms with E-state index in [1.54, 1.807) is 12.1 Å². The fraction of sp³-hybridized carbons (Fsp3) is 0.500. The summed E-state index contributed by atoms with van der Waals surface area (Å²) in [5.74, 6) is 0.311. The highest BCUT2D eigenvalue weighted by molar-refractivity contribution is 5.86. The third-order valence-corrected chi connectivity index (χ3v) is 3.16. The van der Waals surface area contributed by atoms with Gasteiger partial charge in [0.1, 0.15) is 11.4 Å². The summed E-state index contributed by atoms with van der Waals surface area (Å²) in [6.07, 6.45) is -0.191. The molecule has 0 fully saturated rings. The Balaban J connectivity index is 2.22. The van der Waals surface area contributed by atoms with Crippen LogP contribution >= 0.6 is 0 Å². The van der Waals surface area contributed by atoms with Crippen LogP contribution in [0.1, 0.15) is 46.6 Å². The topological polar surface area (TPSA) is 64.6 Å². The van der Waals surface area contributed by atoms with Crippen molar-refractivity contribution in [3.05, 3.63) is 23.8 Å². The van der Waals surface area contributed by atoms with Gasteiger partial charge in [-0.25, -0.2) is 4.79 Å². The minimum Gasteiger partial charge on any atom is -0.444 e. The van der Waals surface area contributed by atoms with Crippen LogP contribution in [0.4, 0.5) is 10.5 Å². The molecular weight excluding hydrogens is 270 g/mol. The second kappa shape index (κ2) is 5.06. The number of carbonyl (C=O) groups is 2. The maximum atomic E-state index is 11.8. The first-order valence-corrected chi connectivity index (χ1v) is 6.92. The fourth-order valence-electron chi connectivity index (χ4n) is 2.26. The predicted molar refractivity (Wildman–Crippen MR) is 79.6 cm³/mol. The monoisotopic (exact) mass is 291 g/mol. The number of carbonyl (C=O) groups excluding carboxylic acids is 2. The van der Waals surface area contributed by atoms with Gasteiger partial charge in [0.25, 0.3) is 0 Å². The quantitative estimate of drug-likeness (QED) is 0.634. The Morgan fingerprint density at radius 3 is 2.62 bits per heavy atom.